The van der Waals surface area contributed by atoms with Crippen molar-refractivity contribution in [1.82, 2.24) is 15.2 Å². The first-order valence-electron chi connectivity index (χ1n) is 7.16. The highest BCUT2D eigenvalue weighted by Crippen LogP contribution is 2.29. The van der Waals surface area contributed by atoms with Crippen LogP contribution in [0, 0.1) is 12.8 Å². The van der Waals surface area contributed by atoms with Crippen molar-refractivity contribution in [2.24, 2.45) is 5.92 Å². The molecular weight excluding hydrogens is 292 g/mol. The molecule has 1 unspecified atom stereocenters. The quantitative estimate of drug-likeness (QED) is 0.916. The van der Waals surface area contributed by atoms with E-state index in [0.717, 1.165) is 0 Å². The molecule has 1 aromatic rings. The Morgan fingerprint density at radius 2 is 2.23 bits per heavy atom. The van der Waals surface area contributed by atoms with E-state index in [2.05, 4.69) is 10.3 Å². The van der Waals surface area contributed by atoms with Crippen molar-refractivity contribution in [3.8, 4) is 0 Å². The van der Waals surface area contributed by atoms with Gasteiger partial charge in [0.2, 0.25) is 5.91 Å². The largest absolute Gasteiger partial charge is 0.366 e. The lowest BCUT2D eigenvalue weighted by atomic mass is 10.1. The molecule has 1 aromatic heterocycles. The number of carbonyl (C=O) groups is 2. The van der Waals surface area contributed by atoms with E-state index in [0.29, 0.717) is 19.5 Å². The number of carbonyl (C=O) groups excluding carboxylic acids is 2. The molecule has 1 N–H and O–H groups in total. The molecule has 0 aromatic carbocycles. The van der Waals surface area contributed by atoms with Crippen molar-refractivity contribution < 1.29 is 18.4 Å². The van der Waals surface area contributed by atoms with Crippen molar-refractivity contribution in [1.29, 1.82) is 0 Å². The summed E-state index contributed by atoms with van der Waals surface area (Å²) in [6, 6.07) is 3.03. The summed E-state index contributed by atoms with van der Waals surface area (Å²) in [6.45, 7) is 4.18. The second-order valence-electron chi connectivity index (χ2n) is 5.57. The minimum absolute atomic E-state index is 0.00785. The van der Waals surface area contributed by atoms with Crippen molar-refractivity contribution in [3.05, 3.63) is 29.6 Å². The number of nitrogens with one attached hydrogen (secondary N) is 1. The third-order valence-corrected chi connectivity index (χ3v) is 3.87. The molecule has 1 aliphatic rings. The molecule has 0 saturated carbocycles. The van der Waals surface area contributed by atoms with Crippen LogP contribution in [0.5, 0.6) is 0 Å². The third-order valence-electron chi connectivity index (χ3n) is 3.87. The van der Waals surface area contributed by atoms with E-state index in [1.54, 1.807) is 11.0 Å². The molecule has 0 bridgehead atoms. The van der Waals surface area contributed by atoms with E-state index in [-0.39, 0.29) is 23.9 Å². The summed E-state index contributed by atoms with van der Waals surface area (Å²) < 4.78 is 28.3. The van der Waals surface area contributed by atoms with Crippen LogP contribution >= 0.6 is 0 Å². The smallest absolute Gasteiger partial charge is 0.350 e. The minimum Gasteiger partial charge on any atom is -0.350 e. The Morgan fingerprint density at radius 3 is 2.82 bits per heavy atom. The maximum absolute atomic E-state index is 14.2. The highest BCUT2D eigenvalue weighted by molar-refractivity contribution is 5.84. The van der Waals surface area contributed by atoms with E-state index >= 15 is 0 Å². The Morgan fingerprint density at radius 1 is 1.50 bits per heavy atom. The van der Waals surface area contributed by atoms with Crippen LogP contribution in [0.4, 0.5) is 8.78 Å². The number of aromatic nitrogens is 1. The van der Waals surface area contributed by atoms with E-state index in [9.17, 15) is 18.4 Å². The van der Waals surface area contributed by atoms with E-state index < -0.39 is 17.5 Å². The molecule has 5 nitrogen and oxygen atoms in total. The standard InChI is InChI=1S/C15H19F2N3O2/c1-10-4-3-6-18-13(10)15(16,17)14(22)19-8-12-5-7-20(9-12)11(2)21/h3-4,6,12H,5,7-9H2,1-2H3,(H,19,22). The van der Waals surface area contributed by atoms with Crippen LogP contribution in [0.2, 0.25) is 0 Å². The molecule has 0 aliphatic carbocycles. The van der Waals surface area contributed by atoms with Crippen molar-refractivity contribution >= 4 is 11.8 Å². The predicted molar refractivity (Wildman–Crippen MR) is 76.2 cm³/mol. The zero-order valence-electron chi connectivity index (χ0n) is 12.6. The first kappa shape index (κ1) is 16.3. The molecule has 1 atom stereocenters. The number of amides is 2. The monoisotopic (exact) mass is 311 g/mol. The molecule has 1 aliphatic heterocycles. The lowest BCUT2D eigenvalue weighted by Crippen LogP contribution is -2.41. The molecule has 7 heteroatoms. The summed E-state index contributed by atoms with van der Waals surface area (Å²) in [5.74, 6) is -5.04. The number of rotatable bonds is 4. The van der Waals surface area contributed by atoms with Crippen molar-refractivity contribution in [2.45, 2.75) is 26.2 Å². The average Bonchev–Trinajstić information content (AvgIpc) is 2.94. The van der Waals surface area contributed by atoms with Gasteiger partial charge in [-0.2, -0.15) is 8.78 Å². The zero-order chi connectivity index (χ0) is 16.3. The van der Waals surface area contributed by atoms with Gasteiger partial charge in [0, 0.05) is 32.8 Å². The summed E-state index contributed by atoms with van der Waals surface area (Å²) in [5.41, 5.74) is -0.254. The molecule has 2 heterocycles. The molecular formula is C15H19F2N3O2. The minimum atomic E-state index is -3.66. The normalized spacial score (nSPS) is 18.4. The fraction of sp³-hybridized carbons (Fsp3) is 0.533. The highest BCUT2D eigenvalue weighted by Gasteiger charge is 2.43. The van der Waals surface area contributed by atoms with Gasteiger partial charge in [-0.15, -0.1) is 0 Å². The SMILES string of the molecule is CC(=O)N1CCC(CNC(=O)C(F)(F)c2ncccc2C)C1. The number of likely N-dealkylation sites (tertiary alicyclic amines) is 1. The molecule has 22 heavy (non-hydrogen) atoms. The summed E-state index contributed by atoms with van der Waals surface area (Å²) in [6.07, 6.45) is 1.94. The summed E-state index contributed by atoms with van der Waals surface area (Å²) >= 11 is 0. The summed E-state index contributed by atoms with van der Waals surface area (Å²) in [5, 5.41) is 2.28. The van der Waals surface area contributed by atoms with E-state index in [1.165, 1.54) is 26.1 Å². The van der Waals surface area contributed by atoms with Gasteiger partial charge in [-0.3, -0.25) is 14.6 Å². The van der Waals surface area contributed by atoms with Crippen LogP contribution in [-0.2, 0) is 15.5 Å². The van der Waals surface area contributed by atoms with Gasteiger partial charge in [-0.25, -0.2) is 0 Å². The Balaban J connectivity index is 1.95. The zero-order valence-corrected chi connectivity index (χ0v) is 12.6. The average molecular weight is 311 g/mol. The molecule has 1 fully saturated rings. The number of alkyl halides is 2. The molecule has 2 amide bonds. The number of aryl methyl sites for hydroxylation is 1. The molecule has 120 valence electrons. The second-order valence-corrected chi connectivity index (χ2v) is 5.57. The van der Waals surface area contributed by atoms with Crippen molar-refractivity contribution in [2.75, 3.05) is 19.6 Å². The van der Waals surface area contributed by atoms with Crippen LogP contribution in [0.1, 0.15) is 24.6 Å². The number of pyridine rings is 1. The molecule has 1 saturated heterocycles. The lowest BCUT2D eigenvalue weighted by molar-refractivity contribution is -0.147. The first-order chi connectivity index (χ1) is 10.3. The van der Waals surface area contributed by atoms with Gasteiger partial charge < -0.3 is 10.2 Å². The maximum Gasteiger partial charge on any atom is 0.366 e. The topological polar surface area (TPSA) is 62.3 Å². The van der Waals surface area contributed by atoms with Crippen LogP contribution in [-0.4, -0.2) is 41.3 Å². The van der Waals surface area contributed by atoms with Gasteiger partial charge in [0.1, 0.15) is 5.69 Å². The van der Waals surface area contributed by atoms with Gasteiger partial charge in [-0.1, -0.05) is 6.07 Å². The molecule has 0 radical (unpaired) electrons. The summed E-state index contributed by atoms with van der Waals surface area (Å²) in [7, 11) is 0. The lowest BCUT2D eigenvalue weighted by Gasteiger charge is -2.19. The summed E-state index contributed by atoms with van der Waals surface area (Å²) in [4.78, 5) is 28.3. The third kappa shape index (κ3) is 3.40. The van der Waals surface area contributed by atoms with Crippen LogP contribution in [0.15, 0.2) is 18.3 Å². The first-order valence-corrected chi connectivity index (χ1v) is 7.16. The molecule has 2 rings (SSSR count). The Labute approximate surface area is 127 Å². The Kier molecular flexibility index (Phi) is 4.73. The van der Waals surface area contributed by atoms with E-state index in [4.69, 9.17) is 0 Å². The fourth-order valence-electron chi connectivity index (χ4n) is 2.56. The maximum atomic E-state index is 14.2. The number of hydrogen-bond donors (Lipinski definition) is 1. The van der Waals surface area contributed by atoms with Crippen LogP contribution < -0.4 is 5.32 Å². The number of nitrogens with zero attached hydrogens (tertiary/aromatic N) is 2. The Hall–Kier alpha value is -2.05. The van der Waals surface area contributed by atoms with Gasteiger partial charge in [0.15, 0.2) is 0 Å². The van der Waals surface area contributed by atoms with E-state index in [1.807, 2.05) is 0 Å². The van der Waals surface area contributed by atoms with Crippen LogP contribution in [0.3, 0.4) is 0 Å². The fourth-order valence-corrected chi connectivity index (χ4v) is 2.56. The van der Waals surface area contributed by atoms with Crippen LogP contribution in [0.25, 0.3) is 0 Å². The highest BCUT2D eigenvalue weighted by atomic mass is 19.3. The number of halogens is 2. The Bertz CT molecular complexity index is 578. The second kappa shape index (κ2) is 6.37. The van der Waals surface area contributed by atoms with Gasteiger partial charge in [0.05, 0.1) is 0 Å². The van der Waals surface area contributed by atoms with Gasteiger partial charge >= 0.3 is 5.92 Å². The van der Waals surface area contributed by atoms with Gasteiger partial charge in [-0.05, 0) is 30.9 Å². The van der Waals surface area contributed by atoms with Crippen molar-refractivity contribution in [3.63, 3.8) is 0 Å². The molecule has 0 spiro atoms. The predicted octanol–water partition coefficient (Wildman–Crippen LogP) is 1.47. The van der Waals surface area contributed by atoms with Gasteiger partial charge in [0.25, 0.3) is 5.91 Å². The number of hydrogen-bond acceptors (Lipinski definition) is 3.